The largest absolute Gasteiger partial charge is 0.477 e. The molecular formula is C20H27ClFN5O4S. The molecule has 0 aromatic carbocycles. The highest BCUT2D eigenvalue weighted by molar-refractivity contribution is 7.84. The average molecular weight is 488 g/mol. The number of halogens is 2. The molecule has 1 aliphatic heterocycles. The Morgan fingerprint density at radius 2 is 2.06 bits per heavy atom. The topological polar surface area (TPSA) is 97.7 Å². The van der Waals surface area contributed by atoms with E-state index in [1.165, 1.54) is 11.2 Å². The Balaban J connectivity index is 2.06. The summed E-state index contributed by atoms with van der Waals surface area (Å²) in [5, 5.41) is -0.153. The summed E-state index contributed by atoms with van der Waals surface area (Å²) in [5.41, 5.74) is -0.716. The van der Waals surface area contributed by atoms with E-state index in [1.807, 2.05) is 11.8 Å². The van der Waals surface area contributed by atoms with Crippen molar-refractivity contribution in [3.05, 3.63) is 11.0 Å². The third kappa shape index (κ3) is 5.20. The molecule has 0 saturated heterocycles. The number of hydrogen-bond acceptors (Lipinski definition) is 8. The second kappa shape index (κ2) is 9.30. The second-order valence-electron chi connectivity index (χ2n) is 8.61. The summed E-state index contributed by atoms with van der Waals surface area (Å²) in [6, 6.07) is -0.0785. The predicted molar refractivity (Wildman–Crippen MR) is 120 cm³/mol. The Hall–Kier alpha value is -2.27. The minimum Gasteiger partial charge on any atom is -0.477 e. The number of ether oxygens (including phenoxy) is 2. The third-order valence-electron chi connectivity index (χ3n) is 4.89. The van der Waals surface area contributed by atoms with Gasteiger partial charge in [-0.25, -0.2) is 19.2 Å². The SMILES string of the molecule is CC1CCOc2nc(Cl)c(F)c3nc(S(C)=O)nc(c23)N1CCN(C)C(=O)OC(C)(C)C. The van der Waals surface area contributed by atoms with Crippen LogP contribution in [0.3, 0.4) is 0 Å². The highest BCUT2D eigenvalue weighted by atomic mass is 35.5. The molecule has 2 atom stereocenters. The Kier molecular flexibility index (Phi) is 7.09. The molecule has 0 saturated carbocycles. The first-order valence-corrected chi connectivity index (χ1v) is 12.1. The van der Waals surface area contributed by atoms with Crippen molar-refractivity contribution >= 4 is 45.2 Å². The molecule has 0 aliphatic carbocycles. The zero-order chi connectivity index (χ0) is 23.8. The van der Waals surface area contributed by atoms with Crippen LogP contribution >= 0.6 is 11.6 Å². The highest BCUT2D eigenvalue weighted by Gasteiger charge is 2.29. The third-order valence-corrected chi connectivity index (χ3v) is 5.84. The van der Waals surface area contributed by atoms with Crippen molar-refractivity contribution in [1.82, 2.24) is 19.9 Å². The molecule has 12 heteroatoms. The molecule has 2 aromatic heterocycles. The lowest BCUT2D eigenvalue weighted by atomic mass is 10.1. The van der Waals surface area contributed by atoms with Crippen molar-refractivity contribution < 1.29 is 22.9 Å². The second-order valence-corrected chi connectivity index (χ2v) is 10.2. The minimum absolute atomic E-state index is 0.0297. The lowest BCUT2D eigenvalue weighted by molar-refractivity contribution is 0.0302. The smallest absolute Gasteiger partial charge is 0.410 e. The Bertz CT molecular complexity index is 1060. The molecule has 0 N–H and O–H groups in total. The standard InChI is InChI=1S/C20H27ClFN5O4S/c1-11-7-10-30-17-12-14(13(22)15(21)24-17)23-18(32(6)29)25-16(12)27(11)9-8-26(5)19(28)31-20(2,3)4/h11H,7-10H2,1-6H3. The van der Waals surface area contributed by atoms with Crippen molar-refractivity contribution in [3.63, 3.8) is 0 Å². The molecule has 1 aliphatic rings. The van der Waals surface area contributed by atoms with E-state index in [4.69, 9.17) is 21.1 Å². The van der Waals surface area contributed by atoms with Crippen LogP contribution in [0.2, 0.25) is 5.15 Å². The number of rotatable bonds is 4. The zero-order valence-corrected chi connectivity index (χ0v) is 20.5. The van der Waals surface area contributed by atoms with E-state index in [-0.39, 0.29) is 33.1 Å². The first kappa shape index (κ1) is 24.4. The fourth-order valence-electron chi connectivity index (χ4n) is 3.22. The zero-order valence-electron chi connectivity index (χ0n) is 18.9. The summed E-state index contributed by atoms with van der Waals surface area (Å²) in [6.07, 6.45) is 1.57. The van der Waals surface area contributed by atoms with Gasteiger partial charge in [-0.15, -0.1) is 0 Å². The summed E-state index contributed by atoms with van der Waals surface area (Å²) < 4.78 is 38.2. The molecule has 0 spiro atoms. The summed E-state index contributed by atoms with van der Waals surface area (Å²) >= 11 is 5.96. The van der Waals surface area contributed by atoms with E-state index in [0.29, 0.717) is 31.9 Å². The van der Waals surface area contributed by atoms with Gasteiger partial charge in [0.15, 0.2) is 11.0 Å². The van der Waals surface area contributed by atoms with E-state index in [9.17, 15) is 13.4 Å². The number of nitrogens with zero attached hydrogens (tertiary/aromatic N) is 5. The van der Waals surface area contributed by atoms with E-state index in [1.54, 1.807) is 27.8 Å². The molecule has 3 rings (SSSR count). The van der Waals surface area contributed by atoms with Gasteiger partial charge in [0.1, 0.15) is 22.3 Å². The van der Waals surface area contributed by atoms with Crippen molar-refractivity contribution in [2.45, 2.75) is 50.9 Å². The number of carbonyl (C=O) groups is 1. The van der Waals surface area contributed by atoms with Crippen LogP contribution in [0.25, 0.3) is 10.9 Å². The van der Waals surface area contributed by atoms with E-state index >= 15 is 0 Å². The maximum absolute atomic E-state index is 14.9. The van der Waals surface area contributed by atoms with Gasteiger partial charge < -0.3 is 19.3 Å². The molecule has 0 radical (unpaired) electrons. The number of amides is 1. The number of likely N-dealkylation sites (N-methyl/N-ethyl adjacent to an activating group) is 1. The molecule has 32 heavy (non-hydrogen) atoms. The van der Waals surface area contributed by atoms with Crippen molar-refractivity contribution in [3.8, 4) is 5.88 Å². The first-order valence-electron chi connectivity index (χ1n) is 10.1. The van der Waals surface area contributed by atoms with E-state index in [0.717, 1.165) is 0 Å². The van der Waals surface area contributed by atoms with Crippen molar-refractivity contribution in [2.75, 3.05) is 37.9 Å². The fourth-order valence-corrected chi connectivity index (χ4v) is 3.82. The molecule has 2 aromatic rings. The number of carbonyl (C=O) groups excluding carboxylic acids is 1. The highest BCUT2D eigenvalue weighted by Crippen LogP contribution is 2.37. The molecule has 0 bridgehead atoms. The normalized spacial score (nSPS) is 17.4. The van der Waals surface area contributed by atoms with Gasteiger partial charge in [0.05, 0.1) is 17.4 Å². The number of pyridine rings is 1. The monoisotopic (exact) mass is 487 g/mol. The average Bonchev–Trinajstić information content (AvgIpc) is 2.68. The van der Waals surface area contributed by atoms with Crippen LogP contribution in [0.1, 0.15) is 34.1 Å². The van der Waals surface area contributed by atoms with Crippen LogP contribution in [0.15, 0.2) is 5.16 Å². The summed E-state index contributed by atoms with van der Waals surface area (Å²) in [5.74, 6) is -0.376. The lowest BCUT2D eigenvalue weighted by Crippen LogP contribution is -2.43. The summed E-state index contributed by atoms with van der Waals surface area (Å²) in [4.78, 5) is 28.4. The van der Waals surface area contributed by atoms with Crippen LogP contribution in [-0.4, -0.2) is 74.8 Å². The first-order chi connectivity index (χ1) is 14.9. The molecular weight excluding hydrogens is 461 g/mol. The predicted octanol–water partition coefficient (Wildman–Crippen LogP) is 3.40. The van der Waals surface area contributed by atoms with Gasteiger partial charge in [0, 0.05) is 38.9 Å². The molecule has 176 valence electrons. The fraction of sp³-hybridized carbons (Fsp3) is 0.600. The van der Waals surface area contributed by atoms with Crippen LogP contribution in [0.5, 0.6) is 5.88 Å². The number of hydrogen-bond donors (Lipinski definition) is 0. The van der Waals surface area contributed by atoms with Crippen molar-refractivity contribution in [2.24, 2.45) is 0 Å². The van der Waals surface area contributed by atoms with Gasteiger partial charge in [-0.2, -0.15) is 4.98 Å². The van der Waals surface area contributed by atoms with Crippen LogP contribution < -0.4 is 9.64 Å². The van der Waals surface area contributed by atoms with Crippen LogP contribution in [-0.2, 0) is 15.5 Å². The summed E-state index contributed by atoms with van der Waals surface area (Å²) in [6.45, 7) is 8.37. The Labute approximate surface area is 193 Å². The van der Waals surface area contributed by atoms with E-state index in [2.05, 4.69) is 15.0 Å². The minimum atomic E-state index is -1.57. The van der Waals surface area contributed by atoms with Gasteiger partial charge in [-0.3, -0.25) is 4.21 Å². The van der Waals surface area contributed by atoms with Gasteiger partial charge in [0.25, 0.3) is 0 Å². The Morgan fingerprint density at radius 3 is 2.69 bits per heavy atom. The maximum atomic E-state index is 14.9. The molecule has 9 nitrogen and oxygen atoms in total. The molecule has 2 unspecified atom stereocenters. The number of aromatic nitrogens is 3. The number of anilines is 1. The van der Waals surface area contributed by atoms with Crippen molar-refractivity contribution in [1.29, 1.82) is 0 Å². The van der Waals surface area contributed by atoms with Crippen LogP contribution in [0.4, 0.5) is 15.0 Å². The van der Waals surface area contributed by atoms with Crippen LogP contribution in [0, 0.1) is 5.82 Å². The quantitative estimate of drug-likeness (QED) is 0.478. The molecule has 3 heterocycles. The summed E-state index contributed by atoms with van der Waals surface area (Å²) in [7, 11) is 0.0755. The molecule has 0 fully saturated rings. The maximum Gasteiger partial charge on any atom is 0.410 e. The van der Waals surface area contributed by atoms with E-state index < -0.39 is 28.3 Å². The van der Waals surface area contributed by atoms with Gasteiger partial charge in [-0.05, 0) is 27.7 Å². The Morgan fingerprint density at radius 1 is 1.38 bits per heavy atom. The lowest BCUT2D eigenvalue weighted by Gasteiger charge is -2.34. The molecule has 1 amide bonds. The van der Waals surface area contributed by atoms with Gasteiger partial charge >= 0.3 is 6.09 Å². The van der Waals surface area contributed by atoms with Gasteiger partial charge in [-0.1, -0.05) is 11.6 Å². The van der Waals surface area contributed by atoms with Gasteiger partial charge in [0.2, 0.25) is 11.0 Å².